The van der Waals surface area contributed by atoms with Gasteiger partial charge in [0.05, 0.1) is 16.5 Å². The molecule has 1 atom stereocenters. The Balaban J connectivity index is 1.32. The van der Waals surface area contributed by atoms with Crippen LogP contribution in [0.3, 0.4) is 0 Å². The van der Waals surface area contributed by atoms with Gasteiger partial charge in [0.1, 0.15) is 0 Å². The molecule has 1 heterocycles. The summed E-state index contributed by atoms with van der Waals surface area (Å²) in [6.45, 7) is 1.46. The maximum Gasteiger partial charge on any atom is 0.338 e. The zero-order valence-corrected chi connectivity index (χ0v) is 19.0. The van der Waals surface area contributed by atoms with Gasteiger partial charge in [-0.2, -0.15) is 0 Å². The summed E-state index contributed by atoms with van der Waals surface area (Å²) in [4.78, 5) is 24.8. The molecular weight excluding hydrogens is 460 g/mol. The highest BCUT2D eigenvalue weighted by Gasteiger charge is 2.19. The van der Waals surface area contributed by atoms with Crippen LogP contribution in [-0.2, 0) is 19.6 Å². The second kappa shape index (κ2) is 9.84. The molecule has 0 aliphatic carbocycles. The average Bonchev–Trinajstić information content (AvgIpc) is 3.31. The molecule has 1 amide bonds. The number of hydrogen-bond acceptors (Lipinski definition) is 7. The van der Waals surface area contributed by atoms with Crippen molar-refractivity contribution in [1.82, 2.24) is 5.32 Å². The minimum atomic E-state index is -3.81. The number of benzene rings is 3. The minimum absolute atomic E-state index is 0.0937. The lowest BCUT2D eigenvalue weighted by Gasteiger charge is -2.15. The molecule has 0 spiro atoms. The molecular formula is C24H22N2O7S. The van der Waals surface area contributed by atoms with Gasteiger partial charge in [0.2, 0.25) is 6.79 Å². The first-order valence-electron chi connectivity index (χ1n) is 10.4. The van der Waals surface area contributed by atoms with Crippen molar-refractivity contribution in [3.05, 3.63) is 83.9 Å². The lowest BCUT2D eigenvalue weighted by molar-refractivity contribution is -0.124. The van der Waals surface area contributed by atoms with Crippen LogP contribution in [0.25, 0.3) is 0 Å². The Bertz CT molecular complexity index is 1310. The Kier molecular flexibility index (Phi) is 6.69. The molecule has 0 aromatic heterocycles. The van der Waals surface area contributed by atoms with E-state index in [0.717, 1.165) is 5.56 Å². The predicted octanol–water partition coefficient (Wildman–Crippen LogP) is 3.25. The highest BCUT2D eigenvalue weighted by Crippen LogP contribution is 2.34. The van der Waals surface area contributed by atoms with Gasteiger partial charge in [-0.05, 0) is 55.0 Å². The van der Waals surface area contributed by atoms with Crippen molar-refractivity contribution in [1.29, 1.82) is 0 Å². The molecule has 176 valence electrons. The topological polar surface area (TPSA) is 120 Å². The van der Waals surface area contributed by atoms with Crippen LogP contribution in [0.5, 0.6) is 11.5 Å². The first kappa shape index (κ1) is 23.1. The van der Waals surface area contributed by atoms with Crippen LogP contribution in [0.1, 0.15) is 28.9 Å². The van der Waals surface area contributed by atoms with Crippen molar-refractivity contribution in [2.24, 2.45) is 0 Å². The number of rotatable bonds is 8. The summed E-state index contributed by atoms with van der Waals surface area (Å²) in [7, 11) is -3.81. The Morgan fingerprint density at radius 2 is 1.74 bits per heavy atom. The summed E-state index contributed by atoms with van der Waals surface area (Å²) in [6.07, 6.45) is 0. The van der Waals surface area contributed by atoms with Crippen LogP contribution in [0, 0.1) is 0 Å². The number of nitrogens with one attached hydrogen (secondary N) is 2. The van der Waals surface area contributed by atoms with Crippen LogP contribution in [0.4, 0.5) is 5.69 Å². The van der Waals surface area contributed by atoms with Gasteiger partial charge in [-0.1, -0.05) is 30.3 Å². The lowest BCUT2D eigenvalue weighted by atomic mass is 10.1. The molecule has 0 radical (unpaired) electrons. The SMILES string of the molecule is CC(NC(=O)COC(=O)c1cccc(NS(=O)(=O)c2ccccc2)c1)c1ccc2c(c1)OCO2. The smallest absolute Gasteiger partial charge is 0.338 e. The van der Waals surface area contributed by atoms with Crippen LogP contribution >= 0.6 is 0 Å². The Morgan fingerprint density at radius 3 is 2.53 bits per heavy atom. The number of esters is 1. The maximum atomic E-state index is 12.5. The molecule has 0 bridgehead atoms. The molecule has 0 saturated carbocycles. The van der Waals surface area contributed by atoms with Gasteiger partial charge in [-0.3, -0.25) is 9.52 Å². The van der Waals surface area contributed by atoms with Crippen LogP contribution in [0.2, 0.25) is 0 Å². The normalized spacial score (nSPS) is 13.1. The largest absolute Gasteiger partial charge is 0.454 e. The van der Waals surface area contributed by atoms with Gasteiger partial charge < -0.3 is 19.5 Å². The van der Waals surface area contributed by atoms with E-state index in [4.69, 9.17) is 14.2 Å². The van der Waals surface area contributed by atoms with Crippen molar-refractivity contribution in [3.63, 3.8) is 0 Å². The second-order valence-electron chi connectivity index (χ2n) is 7.48. The summed E-state index contributed by atoms with van der Waals surface area (Å²) in [6, 6.07) is 18.7. The van der Waals surface area contributed by atoms with Crippen molar-refractivity contribution >= 4 is 27.6 Å². The zero-order chi connectivity index (χ0) is 24.1. The first-order valence-corrected chi connectivity index (χ1v) is 11.8. The van der Waals surface area contributed by atoms with Gasteiger partial charge in [0, 0.05) is 5.69 Å². The van der Waals surface area contributed by atoms with Gasteiger partial charge in [-0.25, -0.2) is 13.2 Å². The van der Waals surface area contributed by atoms with E-state index in [-0.39, 0.29) is 29.0 Å². The molecule has 9 nitrogen and oxygen atoms in total. The second-order valence-corrected chi connectivity index (χ2v) is 9.16. The molecule has 1 aliphatic heterocycles. The van der Waals surface area contributed by atoms with Gasteiger partial charge in [0.15, 0.2) is 18.1 Å². The maximum absolute atomic E-state index is 12.5. The van der Waals surface area contributed by atoms with Crippen LogP contribution in [-0.4, -0.2) is 33.7 Å². The van der Waals surface area contributed by atoms with E-state index >= 15 is 0 Å². The minimum Gasteiger partial charge on any atom is -0.454 e. The number of carbonyl (C=O) groups is 2. The van der Waals surface area contributed by atoms with E-state index < -0.39 is 28.5 Å². The summed E-state index contributed by atoms with van der Waals surface area (Å²) < 4.78 is 43.1. The quantitative estimate of drug-likeness (QED) is 0.473. The lowest BCUT2D eigenvalue weighted by Crippen LogP contribution is -2.31. The van der Waals surface area contributed by atoms with E-state index in [0.29, 0.717) is 11.5 Å². The number of amides is 1. The molecule has 0 saturated heterocycles. The van der Waals surface area contributed by atoms with E-state index in [1.807, 2.05) is 6.07 Å². The number of fused-ring (bicyclic) bond motifs is 1. The molecule has 34 heavy (non-hydrogen) atoms. The fraction of sp³-hybridized carbons (Fsp3) is 0.167. The molecule has 4 rings (SSSR count). The van der Waals surface area contributed by atoms with Gasteiger partial charge in [-0.15, -0.1) is 0 Å². The molecule has 1 aliphatic rings. The summed E-state index contributed by atoms with van der Waals surface area (Å²) in [5.74, 6) is 0.00313. The number of anilines is 1. The standard InChI is InChI=1S/C24H22N2O7S/c1-16(17-10-11-21-22(13-17)33-15-32-21)25-23(27)14-31-24(28)18-6-5-7-19(12-18)26-34(29,30)20-8-3-2-4-9-20/h2-13,16,26H,14-15H2,1H3,(H,25,27). The monoisotopic (exact) mass is 482 g/mol. The van der Waals surface area contributed by atoms with E-state index in [1.165, 1.54) is 36.4 Å². The van der Waals surface area contributed by atoms with Gasteiger partial charge >= 0.3 is 5.97 Å². The summed E-state index contributed by atoms with van der Waals surface area (Å²) in [5.41, 5.74) is 1.10. The molecule has 3 aromatic rings. The number of carbonyl (C=O) groups excluding carboxylic acids is 2. The number of hydrogen-bond donors (Lipinski definition) is 2. The third-order valence-corrected chi connectivity index (χ3v) is 6.41. The van der Waals surface area contributed by atoms with E-state index in [2.05, 4.69) is 10.0 Å². The summed E-state index contributed by atoms with van der Waals surface area (Å²) >= 11 is 0. The molecule has 1 unspecified atom stereocenters. The van der Waals surface area contributed by atoms with Crippen molar-refractivity contribution in [2.45, 2.75) is 17.9 Å². The van der Waals surface area contributed by atoms with E-state index in [1.54, 1.807) is 37.3 Å². The highest BCUT2D eigenvalue weighted by molar-refractivity contribution is 7.92. The number of ether oxygens (including phenoxy) is 3. The van der Waals surface area contributed by atoms with E-state index in [9.17, 15) is 18.0 Å². The van der Waals surface area contributed by atoms with Crippen molar-refractivity contribution < 1.29 is 32.2 Å². The van der Waals surface area contributed by atoms with Gasteiger partial charge in [0.25, 0.3) is 15.9 Å². The first-order chi connectivity index (χ1) is 16.3. The molecule has 3 aromatic carbocycles. The fourth-order valence-electron chi connectivity index (χ4n) is 3.29. The third-order valence-electron chi connectivity index (χ3n) is 5.01. The predicted molar refractivity (Wildman–Crippen MR) is 123 cm³/mol. The van der Waals surface area contributed by atoms with Crippen LogP contribution < -0.4 is 19.5 Å². The Labute approximate surface area is 196 Å². The number of sulfonamides is 1. The van der Waals surface area contributed by atoms with Crippen molar-refractivity contribution in [3.8, 4) is 11.5 Å². The molecule has 10 heteroatoms. The highest BCUT2D eigenvalue weighted by atomic mass is 32.2. The molecule has 0 fully saturated rings. The zero-order valence-electron chi connectivity index (χ0n) is 18.2. The Hall–Kier alpha value is -4.05. The van der Waals surface area contributed by atoms with Crippen molar-refractivity contribution in [2.75, 3.05) is 18.1 Å². The fourth-order valence-corrected chi connectivity index (χ4v) is 4.36. The van der Waals surface area contributed by atoms with Crippen LogP contribution in [0.15, 0.2) is 77.7 Å². The summed E-state index contributed by atoms with van der Waals surface area (Å²) in [5, 5.41) is 2.75. The average molecular weight is 483 g/mol. The molecule has 2 N–H and O–H groups in total. The third kappa shape index (κ3) is 5.46. The Morgan fingerprint density at radius 1 is 0.971 bits per heavy atom.